The van der Waals surface area contributed by atoms with Crippen LogP contribution in [-0.2, 0) is 33.4 Å². The van der Waals surface area contributed by atoms with Crippen molar-refractivity contribution < 1.29 is 38.5 Å². The van der Waals surface area contributed by atoms with Gasteiger partial charge in [0.05, 0.1) is 26.2 Å². The number of rotatable bonds is 25. The van der Waals surface area contributed by atoms with Crippen molar-refractivity contribution in [1.29, 1.82) is 0 Å². The summed E-state index contributed by atoms with van der Waals surface area (Å²) in [5.74, 6) is -5.51. The first-order valence-electron chi connectivity index (χ1n) is 15.0. The van der Waals surface area contributed by atoms with Crippen LogP contribution in [0, 0.1) is 5.92 Å². The van der Waals surface area contributed by atoms with Gasteiger partial charge in [-0.2, -0.15) is 0 Å². The third-order valence-corrected chi connectivity index (χ3v) is 6.56. The fourth-order valence-electron chi connectivity index (χ4n) is 4.08. The second-order valence-corrected chi connectivity index (χ2v) is 10.2. The van der Waals surface area contributed by atoms with Crippen LogP contribution < -0.4 is 0 Å². The van der Waals surface area contributed by atoms with Crippen molar-refractivity contribution in [2.24, 2.45) is 5.92 Å². The van der Waals surface area contributed by atoms with E-state index < -0.39 is 41.6 Å². The molecule has 0 aliphatic heterocycles. The lowest BCUT2D eigenvalue weighted by molar-refractivity contribution is -0.188. The fraction of sp³-hybridized carbons (Fsp3) is 0.867. The summed E-state index contributed by atoms with van der Waals surface area (Å²) in [6.45, 7) is 8.13. The summed E-state index contributed by atoms with van der Waals surface area (Å²) in [4.78, 5) is 52.0. The molecule has 0 aromatic heterocycles. The molecule has 1 N–H and O–H groups in total. The molecule has 0 aliphatic carbocycles. The van der Waals surface area contributed by atoms with E-state index in [1.165, 1.54) is 25.7 Å². The maximum absolute atomic E-state index is 13.3. The predicted molar refractivity (Wildman–Crippen MR) is 148 cm³/mol. The van der Waals surface area contributed by atoms with Crippen LogP contribution in [0.2, 0.25) is 0 Å². The average molecular weight is 543 g/mol. The topological polar surface area (TPSA) is 116 Å². The van der Waals surface area contributed by atoms with Crippen molar-refractivity contribution in [3.63, 3.8) is 0 Å². The van der Waals surface area contributed by atoms with Gasteiger partial charge in [-0.15, -0.1) is 0 Å². The Morgan fingerprint density at radius 3 is 1.58 bits per heavy atom. The third-order valence-electron chi connectivity index (χ3n) is 6.56. The highest BCUT2D eigenvalue weighted by Crippen LogP contribution is 2.29. The number of unbranched alkanes of at least 4 members (excludes halogenated alkanes) is 11. The molecule has 0 saturated carbocycles. The number of hydrogen-bond acceptors (Lipinski definition) is 8. The molecule has 0 radical (unpaired) electrons. The standard InChI is InChI=1S/C30H54O8/c1-5-9-13-14-15-16-17-18-19-20-25(31)27(28(33)37-22-11-7-3)30(35,29(34)38-23-12-8-4)24-26(32)36-21-10-6-2/h27,35H,5-24H2,1-4H3. The molecule has 2 unspecified atom stereocenters. The molecule has 0 amide bonds. The van der Waals surface area contributed by atoms with Gasteiger partial charge < -0.3 is 19.3 Å². The number of aliphatic hydroxyl groups is 1. The Balaban J connectivity index is 5.53. The lowest BCUT2D eigenvalue weighted by Gasteiger charge is -2.31. The highest BCUT2D eigenvalue weighted by atomic mass is 16.6. The summed E-state index contributed by atoms with van der Waals surface area (Å²) >= 11 is 0. The van der Waals surface area contributed by atoms with Crippen LogP contribution in [0.4, 0.5) is 0 Å². The van der Waals surface area contributed by atoms with E-state index in [1.54, 1.807) is 0 Å². The van der Waals surface area contributed by atoms with E-state index in [0.29, 0.717) is 25.7 Å². The quantitative estimate of drug-likeness (QED) is 0.0623. The van der Waals surface area contributed by atoms with Gasteiger partial charge in [-0.25, -0.2) is 4.79 Å². The first-order chi connectivity index (χ1) is 18.3. The van der Waals surface area contributed by atoms with Gasteiger partial charge >= 0.3 is 17.9 Å². The number of carbonyl (C=O) groups is 4. The minimum Gasteiger partial charge on any atom is -0.466 e. The van der Waals surface area contributed by atoms with Gasteiger partial charge in [0.25, 0.3) is 0 Å². The lowest BCUT2D eigenvalue weighted by atomic mass is 9.80. The van der Waals surface area contributed by atoms with Crippen LogP contribution in [0.25, 0.3) is 0 Å². The first-order valence-corrected chi connectivity index (χ1v) is 15.0. The second-order valence-electron chi connectivity index (χ2n) is 10.2. The van der Waals surface area contributed by atoms with Crippen LogP contribution in [0.15, 0.2) is 0 Å². The molecule has 0 heterocycles. The van der Waals surface area contributed by atoms with Crippen LogP contribution in [-0.4, -0.2) is 54.2 Å². The van der Waals surface area contributed by atoms with Crippen molar-refractivity contribution in [1.82, 2.24) is 0 Å². The molecule has 8 heteroatoms. The number of Topliss-reactive ketones (excluding diaryl/α,β-unsaturated/α-hetero) is 1. The van der Waals surface area contributed by atoms with Gasteiger partial charge in [0, 0.05) is 6.42 Å². The molecule has 2 atom stereocenters. The van der Waals surface area contributed by atoms with Crippen LogP contribution >= 0.6 is 0 Å². The maximum Gasteiger partial charge on any atom is 0.340 e. The Morgan fingerprint density at radius 1 is 0.605 bits per heavy atom. The number of esters is 3. The van der Waals surface area contributed by atoms with E-state index in [9.17, 15) is 24.3 Å². The molecule has 0 spiro atoms. The van der Waals surface area contributed by atoms with Crippen molar-refractivity contribution in [2.75, 3.05) is 19.8 Å². The zero-order chi connectivity index (χ0) is 28.7. The molecule has 0 fully saturated rings. The number of ether oxygens (including phenoxy) is 3. The van der Waals surface area contributed by atoms with Crippen LogP contribution in [0.1, 0.15) is 137 Å². The average Bonchev–Trinajstić information content (AvgIpc) is 2.88. The lowest BCUT2D eigenvalue weighted by Crippen LogP contribution is -2.55. The monoisotopic (exact) mass is 542 g/mol. The van der Waals surface area contributed by atoms with Gasteiger partial charge in [-0.1, -0.05) is 98.3 Å². The van der Waals surface area contributed by atoms with Crippen LogP contribution in [0.5, 0.6) is 0 Å². The third kappa shape index (κ3) is 15.5. The summed E-state index contributed by atoms with van der Waals surface area (Å²) in [6.07, 6.45) is 12.6. The van der Waals surface area contributed by atoms with E-state index in [2.05, 4.69) is 6.92 Å². The van der Waals surface area contributed by atoms with Crippen molar-refractivity contribution in [3.05, 3.63) is 0 Å². The van der Waals surface area contributed by atoms with Gasteiger partial charge in [0.15, 0.2) is 17.3 Å². The normalized spacial score (nSPS) is 13.4. The Morgan fingerprint density at radius 2 is 1.05 bits per heavy atom. The van der Waals surface area contributed by atoms with Gasteiger partial charge in [-0.3, -0.25) is 14.4 Å². The molecule has 0 bridgehead atoms. The zero-order valence-corrected chi connectivity index (χ0v) is 24.5. The molecule has 8 nitrogen and oxygen atoms in total. The summed E-state index contributed by atoms with van der Waals surface area (Å²) in [7, 11) is 0. The molecule has 0 saturated heterocycles. The second kappa shape index (κ2) is 23.0. The summed E-state index contributed by atoms with van der Waals surface area (Å²) in [6, 6.07) is 0. The number of hydrogen-bond donors (Lipinski definition) is 1. The van der Waals surface area contributed by atoms with E-state index in [0.717, 1.165) is 44.9 Å². The molecule has 0 aromatic rings. The van der Waals surface area contributed by atoms with Gasteiger partial charge in [-0.05, 0) is 25.7 Å². The molecule has 222 valence electrons. The zero-order valence-electron chi connectivity index (χ0n) is 24.5. The molecular formula is C30H54O8. The Kier molecular flexibility index (Phi) is 21.8. The minimum absolute atomic E-state index is 0.00118. The van der Waals surface area contributed by atoms with Crippen molar-refractivity contribution in [2.45, 2.75) is 142 Å². The molecule has 38 heavy (non-hydrogen) atoms. The van der Waals surface area contributed by atoms with Gasteiger partial charge in [0.2, 0.25) is 0 Å². The fourth-order valence-corrected chi connectivity index (χ4v) is 4.08. The SMILES string of the molecule is CCCCCCCCCCCC(=O)C(C(=O)OCCCC)C(O)(CC(=O)OCCCC)C(=O)OCCCC. The summed E-state index contributed by atoms with van der Waals surface area (Å²) in [5.41, 5.74) is -2.68. The smallest absolute Gasteiger partial charge is 0.340 e. The summed E-state index contributed by atoms with van der Waals surface area (Å²) in [5, 5.41) is 11.5. The van der Waals surface area contributed by atoms with Crippen LogP contribution in [0.3, 0.4) is 0 Å². The minimum atomic E-state index is -2.68. The molecule has 0 aliphatic rings. The Hall–Kier alpha value is -1.96. The Labute approximate surface area is 230 Å². The van der Waals surface area contributed by atoms with Gasteiger partial charge in [0.1, 0.15) is 0 Å². The first kappa shape index (κ1) is 36.0. The largest absolute Gasteiger partial charge is 0.466 e. The molecular weight excluding hydrogens is 488 g/mol. The van der Waals surface area contributed by atoms with E-state index in [4.69, 9.17) is 14.2 Å². The molecule has 0 aromatic carbocycles. The number of carbonyl (C=O) groups excluding carboxylic acids is 4. The predicted octanol–water partition coefficient (Wildman–Crippen LogP) is 6.24. The van der Waals surface area contributed by atoms with E-state index >= 15 is 0 Å². The van der Waals surface area contributed by atoms with E-state index in [-0.39, 0.29) is 26.2 Å². The molecule has 0 rings (SSSR count). The highest BCUT2D eigenvalue weighted by Gasteiger charge is 2.55. The summed E-state index contributed by atoms with van der Waals surface area (Å²) < 4.78 is 15.7. The van der Waals surface area contributed by atoms with Crippen molar-refractivity contribution >= 4 is 23.7 Å². The number of ketones is 1. The highest BCUT2D eigenvalue weighted by molar-refractivity contribution is 6.06. The maximum atomic E-state index is 13.3. The Bertz CT molecular complexity index is 663. The van der Waals surface area contributed by atoms with E-state index in [1.807, 2.05) is 20.8 Å². The van der Waals surface area contributed by atoms with Crippen molar-refractivity contribution in [3.8, 4) is 0 Å².